The Hall–Kier alpha value is -7.44. The van der Waals surface area contributed by atoms with Gasteiger partial charge < -0.3 is 28.8 Å². The van der Waals surface area contributed by atoms with Gasteiger partial charge in [-0.15, -0.1) is 0 Å². The maximum Gasteiger partial charge on any atom is 0.147 e. The minimum absolute atomic E-state index is 0.0468. The Bertz CT molecular complexity index is 4050. The van der Waals surface area contributed by atoms with Crippen molar-refractivity contribution in [2.45, 2.75) is 223 Å². The summed E-state index contributed by atoms with van der Waals surface area (Å²) in [6.45, 7) is 51.7. The summed E-state index contributed by atoms with van der Waals surface area (Å²) in [7, 11) is 0. The first-order valence-corrected chi connectivity index (χ1v) is 35.1. The third-order valence-corrected chi connectivity index (χ3v) is 20.5. The van der Waals surface area contributed by atoms with Gasteiger partial charge in [-0.1, -0.05) is 226 Å². The number of fused-ring (bicyclic) bond motifs is 6. The molecular formula is C88H110N2O4. The van der Waals surface area contributed by atoms with Crippen LogP contribution in [0, 0.1) is 22.7 Å². The molecule has 10 aromatic rings. The molecule has 2 unspecified atom stereocenters. The number of benzene rings is 8. The van der Waals surface area contributed by atoms with E-state index in [1.165, 1.54) is 54.9 Å². The number of hydrogen-bond donors (Lipinski definition) is 2. The molecule has 0 spiro atoms. The van der Waals surface area contributed by atoms with E-state index in [1.807, 2.05) is 0 Å². The highest BCUT2D eigenvalue weighted by atomic mass is 16.5. The number of rotatable bonds is 14. The second-order valence-electron chi connectivity index (χ2n) is 36.0. The van der Waals surface area contributed by atoms with Gasteiger partial charge in [0.25, 0.3) is 0 Å². The molecule has 0 aliphatic heterocycles. The maximum absolute atomic E-state index is 13.2. The molecule has 94 heavy (non-hydrogen) atoms. The number of hydrogen-bond acceptors (Lipinski definition) is 4. The van der Waals surface area contributed by atoms with Crippen LogP contribution in [0.3, 0.4) is 0 Å². The zero-order valence-corrected chi connectivity index (χ0v) is 61.3. The molecule has 0 radical (unpaired) electrons. The summed E-state index contributed by atoms with van der Waals surface area (Å²) in [5, 5.41) is 31.2. The van der Waals surface area contributed by atoms with Gasteiger partial charge in [-0.2, -0.15) is 0 Å². The average Bonchev–Trinajstić information content (AvgIpc) is 1.58. The Morgan fingerprint density at radius 3 is 0.904 bits per heavy atom. The molecule has 2 heterocycles. The van der Waals surface area contributed by atoms with E-state index in [-0.39, 0.29) is 66.7 Å². The second kappa shape index (κ2) is 24.3. The van der Waals surface area contributed by atoms with Crippen molar-refractivity contribution in [3.05, 3.63) is 179 Å². The van der Waals surface area contributed by atoms with Crippen molar-refractivity contribution >= 4 is 43.6 Å². The lowest BCUT2D eigenvalue weighted by Crippen LogP contribution is -2.30. The van der Waals surface area contributed by atoms with Crippen molar-refractivity contribution in [1.82, 2.24) is 9.13 Å². The predicted octanol–water partition coefficient (Wildman–Crippen LogP) is 24.5. The van der Waals surface area contributed by atoms with Crippen molar-refractivity contribution in [2.24, 2.45) is 22.7 Å². The fourth-order valence-corrected chi connectivity index (χ4v) is 15.8. The quantitative estimate of drug-likeness (QED) is 0.114. The van der Waals surface area contributed by atoms with Gasteiger partial charge in [0.05, 0.1) is 46.7 Å². The number of para-hydroxylation sites is 2. The summed E-state index contributed by atoms with van der Waals surface area (Å²) in [6, 6.07) is 53.3. The van der Waals surface area contributed by atoms with Crippen LogP contribution in [-0.4, -0.2) is 32.6 Å². The Labute approximate surface area is 564 Å². The van der Waals surface area contributed by atoms with Crippen molar-refractivity contribution in [2.75, 3.05) is 13.2 Å². The molecular weight excluding hydrogens is 1150 g/mol. The smallest absolute Gasteiger partial charge is 0.147 e. The van der Waals surface area contributed by atoms with E-state index in [1.54, 1.807) is 0 Å². The molecule has 2 aromatic heterocycles. The summed E-state index contributed by atoms with van der Waals surface area (Å²) < 4.78 is 19.0. The lowest BCUT2D eigenvalue weighted by Gasteiger charge is -2.34. The SMILES string of the molecule is CC(C)(C)CC(C)(C)c1cc(-c2ccccc2OCC2CCCCC2COc2ccccc2-c2cc(C(C)(C)CC(C)(C)C)cc(-n3c4ccc(C(C)(C)C)cc4c4cc(C(C)(C)C)ccc43)c2O)c(O)c(-n2c3ccc(C(C)(C)C)cc3c3cc(C(C)(C)C)ccc32)c1. The second-order valence-corrected chi connectivity index (χ2v) is 36.0. The van der Waals surface area contributed by atoms with Gasteiger partial charge in [-0.3, -0.25) is 0 Å². The largest absolute Gasteiger partial charge is 0.505 e. The summed E-state index contributed by atoms with van der Waals surface area (Å²) in [5.41, 5.74) is 15.9. The van der Waals surface area contributed by atoms with Crippen LogP contribution in [0.25, 0.3) is 77.2 Å². The van der Waals surface area contributed by atoms with Crippen LogP contribution >= 0.6 is 0 Å². The molecule has 0 bridgehead atoms. The van der Waals surface area contributed by atoms with Gasteiger partial charge in [-0.25, -0.2) is 0 Å². The molecule has 496 valence electrons. The van der Waals surface area contributed by atoms with Gasteiger partial charge in [0.2, 0.25) is 0 Å². The van der Waals surface area contributed by atoms with E-state index in [0.717, 1.165) is 106 Å². The van der Waals surface area contributed by atoms with Gasteiger partial charge in [0, 0.05) is 43.8 Å². The molecule has 1 saturated carbocycles. The number of phenols is 2. The Morgan fingerprint density at radius 2 is 0.628 bits per heavy atom. The molecule has 1 aliphatic rings. The Kier molecular flexibility index (Phi) is 17.6. The van der Waals surface area contributed by atoms with Crippen LogP contribution in [0.4, 0.5) is 0 Å². The molecule has 6 nitrogen and oxygen atoms in total. The summed E-state index contributed by atoms with van der Waals surface area (Å²) in [4.78, 5) is 0. The molecule has 1 fully saturated rings. The highest BCUT2D eigenvalue weighted by Crippen LogP contribution is 2.51. The van der Waals surface area contributed by atoms with E-state index in [4.69, 9.17) is 9.47 Å². The standard InChI is InChI=1S/C88H110N2O4/c1-81(2,3)53-87(19,20)61-47-69(79(91)75(49-61)89-71-39-35-57(83(7,8)9)43-65(71)66-44-58(84(10,11)12)36-40-72(66)89)63-31-25-27-33-77(63)93-51-55-29-23-24-30-56(55)52-94-78-34-28-26-32-64(78)70-48-62(88(21,22)54-82(4,5)6)50-76(80(70)92)90-73-41-37-59(85(13,14)15)45-67(73)68-46-60(86(16,17)18)38-42-74(68)90/h25-28,31-50,55-56,91-92H,23-24,29-30,51-54H2,1-22H3. The number of ether oxygens (including phenoxy) is 2. The number of phenolic OH excluding ortho intramolecular Hbond substituents is 2. The molecule has 11 rings (SSSR count). The van der Waals surface area contributed by atoms with E-state index in [0.29, 0.717) is 13.2 Å². The first kappa shape index (κ1) is 68.0. The first-order chi connectivity index (χ1) is 43.7. The summed E-state index contributed by atoms with van der Waals surface area (Å²) in [5.74, 6) is 2.41. The van der Waals surface area contributed by atoms with Crippen LogP contribution in [0.1, 0.15) is 224 Å². The van der Waals surface area contributed by atoms with E-state index in [9.17, 15) is 10.2 Å². The van der Waals surface area contributed by atoms with Crippen LogP contribution in [-0.2, 0) is 32.5 Å². The number of aromatic nitrogens is 2. The highest BCUT2D eigenvalue weighted by Gasteiger charge is 2.35. The first-order valence-electron chi connectivity index (χ1n) is 35.1. The average molecular weight is 1260 g/mol. The van der Waals surface area contributed by atoms with Crippen LogP contribution < -0.4 is 9.47 Å². The molecule has 0 amide bonds. The third-order valence-electron chi connectivity index (χ3n) is 20.5. The van der Waals surface area contributed by atoms with Crippen molar-refractivity contribution in [3.8, 4) is 56.6 Å². The molecule has 2 N–H and O–H groups in total. The lowest BCUT2D eigenvalue weighted by atomic mass is 9.71. The zero-order valence-electron chi connectivity index (χ0n) is 61.3. The maximum atomic E-state index is 13.2. The van der Waals surface area contributed by atoms with Crippen LogP contribution in [0.15, 0.2) is 146 Å². The van der Waals surface area contributed by atoms with Gasteiger partial charge in [0.15, 0.2) is 0 Å². The Morgan fingerprint density at radius 1 is 0.340 bits per heavy atom. The summed E-state index contributed by atoms with van der Waals surface area (Å²) in [6.07, 6.45) is 6.17. The molecule has 1 aliphatic carbocycles. The van der Waals surface area contributed by atoms with Crippen molar-refractivity contribution < 1.29 is 19.7 Å². The van der Waals surface area contributed by atoms with Gasteiger partial charge >= 0.3 is 0 Å². The molecule has 2 atom stereocenters. The molecule has 6 heteroatoms. The minimum atomic E-state index is -0.247. The van der Waals surface area contributed by atoms with Gasteiger partial charge in [0.1, 0.15) is 23.0 Å². The summed E-state index contributed by atoms with van der Waals surface area (Å²) >= 11 is 0. The molecule has 0 saturated heterocycles. The van der Waals surface area contributed by atoms with E-state index < -0.39 is 0 Å². The fraction of sp³-hybridized carbons (Fsp3) is 0.455. The monoisotopic (exact) mass is 1260 g/mol. The zero-order chi connectivity index (χ0) is 68.2. The topological polar surface area (TPSA) is 68.8 Å². The van der Waals surface area contributed by atoms with Gasteiger partial charge in [-0.05, 0) is 199 Å². The van der Waals surface area contributed by atoms with Crippen LogP contribution in [0.2, 0.25) is 0 Å². The number of nitrogens with zero attached hydrogens (tertiary/aromatic N) is 2. The van der Waals surface area contributed by atoms with Crippen molar-refractivity contribution in [3.63, 3.8) is 0 Å². The fourth-order valence-electron chi connectivity index (χ4n) is 15.8. The predicted molar refractivity (Wildman–Crippen MR) is 401 cm³/mol. The lowest BCUT2D eigenvalue weighted by molar-refractivity contribution is 0.105. The molecule has 8 aromatic carbocycles. The van der Waals surface area contributed by atoms with E-state index >= 15 is 0 Å². The van der Waals surface area contributed by atoms with Crippen LogP contribution in [0.5, 0.6) is 23.0 Å². The van der Waals surface area contributed by atoms with Crippen molar-refractivity contribution in [1.29, 1.82) is 0 Å². The normalized spacial score (nSPS) is 15.9. The third kappa shape index (κ3) is 13.7. The highest BCUT2D eigenvalue weighted by molar-refractivity contribution is 6.11. The van der Waals surface area contributed by atoms with E-state index in [2.05, 4.69) is 307 Å². The Balaban J connectivity index is 0.960. The minimum Gasteiger partial charge on any atom is -0.505 e. The number of aromatic hydroxyl groups is 2.